The largest absolute Gasteiger partial charge is 0.378 e. The van der Waals surface area contributed by atoms with E-state index in [0.29, 0.717) is 6.04 Å². The molecular weight excluding hydrogens is 410 g/mol. The number of carbonyl (C=O) groups excluding carboxylic acids is 2. The molecule has 1 unspecified atom stereocenters. The Morgan fingerprint density at radius 2 is 1.52 bits per heavy atom. The lowest BCUT2D eigenvalue weighted by molar-refractivity contribution is -0.120. The van der Waals surface area contributed by atoms with E-state index in [0.717, 1.165) is 61.9 Å². The van der Waals surface area contributed by atoms with Gasteiger partial charge in [-0.05, 0) is 67.5 Å². The SMILES string of the molecule is O=C(NC1CCCCC1)c1ccc2c(c1)NC(c1ccc(NC(=O)C3CCCCC3)cc1)C2. The summed E-state index contributed by atoms with van der Waals surface area (Å²) in [5.41, 5.74) is 5.07. The molecule has 0 aromatic heterocycles. The molecule has 2 amide bonds. The van der Waals surface area contributed by atoms with Crippen molar-refractivity contribution in [2.45, 2.75) is 82.7 Å². The second-order valence-corrected chi connectivity index (χ2v) is 10.0. The third-order valence-electron chi connectivity index (χ3n) is 7.62. The number of nitrogens with one attached hydrogen (secondary N) is 3. The fourth-order valence-corrected chi connectivity index (χ4v) is 5.61. The molecule has 0 saturated heterocycles. The number of rotatable bonds is 5. The number of carbonyl (C=O) groups is 2. The van der Waals surface area contributed by atoms with Crippen molar-refractivity contribution < 1.29 is 9.59 Å². The second kappa shape index (κ2) is 9.98. The standard InChI is InChI=1S/C28H35N3O2/c32-27(20-7-3-1-4-8-20)30-24-15-13-19(14-16-24)25-17-21-11-12-22(18-26(21)31-25)28(33)29-23-9-5-2-6-10-23/h11-16,18,20,23,25,31H,1-10,17H2,(H,29,33)(H,30,32). The van der Waals surface area contributed by atoms with Gasteiger partial charge in [0.15, 0.2) is 0 Å². The Kier molecular flexibility index (Phi) is 6.65. The Morgan fingerprint density at radius 1 is 0.818 bits per heavy atom. The average molecular weight is 446 g/mol. The van der Waals surface area contributed by atoms with Crippen LogP contribution in [-0.2, 0) is 11.2 Å². The number of anilines is 2. The third-order valence-corrected chi connectivity index (χ3v) is 7.62. The Hall–Kier alpha value is -2.82. The predicted octanol–water partition coefficient (Wildman–Crippen LogP) is 5.98. The van der Waals surface area contributed by atoms with E-state index >= 15 is 0 Å². The van der Waals surface area contributed by atoms with Crippen molar-refractivity contribution in [2.75, 3.05) is 10.6 Å². The third kappa shape index (κ3) is 5.23. The number of hydrogen-bond acceptors (Lipinski definition) is 3. The molecular formula is C28H35N3O2. The molecule has 5 nitrogen and oxygen atoms in total. The van der Waals surface area contributed by atoms with Crippen LogP contribution in [-0.4, -0.2) is 17.9 Å². The molecule has 3 N–H and O–H groups in total. The minimum absolute atomic E-state index is 0.0352. The Morgan fingerprint density at radius 3 is 2.24 bits per heavy atom. The lowest BCUT2D eigenvalue weighted by atomic mass is 9.88. The van der Waals surface area contributed by atoms with Crippen LogP contribution in [0.4, 0.5) is 11.4 Å². The van der Waals surface area contributed by atoms with Crippen LogP contribution in [0, 0.1) is 5.92 Å². The van der Waals surface area contributed by atoms with Crippen molar-refractivity contribution in [1.82, 2.24) is 5.32 Å². The highest BCUT2D eigenvalue weighted by atomic mass is 16.2. The van der Waals surface area contributed by atoms with E-state index in [2.05, 4.69) is 34.1 Å². The van der Waals surface area contributed by atoms with E-state index in [-0.39, 0.29) is 23.8 Å². The Bertz CT molecular complexity index is 989. The monoisotopic (exact) mass is 445 g/mol. The van der Waals surface area contributed by atoms with E-state index in [9.17, 15) is 9.59 Å². The number of amides is 2. The van der Waals surface area contributed by atoms with Crippen molar-refractivity contribution in [2.24, 2.45) is 5.92 Å². The van der Waals surface area contributed by atoms with Crippen molar-refractivity contribution in [3.05, 3.63) is 59.2 Å². The molecule has 1 aliphatic heterocycles. The van der Waals surface area contributed by atoms with Gasteiger partial charge in [-0.3, -0.25) is 9.59 Å². The molecule has 0 radical (unpaired) electrons. The van der Waals surface area contributed by atoms with Crippen LogP contribution in [0.25, 0.3) is 0 Å². The van der Waals surface area contributed by atoms with Gasteiger partial charge in [0, 0.05) is 28.9 Å². The molecule has 5 heteroatoms. The van der Waals surface area contributed by atoms with Gasteiger partial charge in [0.2, 0.25) is 5.91 Å². The smallest absolute Gasteiger partial charge is 0.251 e. The first kappa shape index (κ1) is 22.0. The van der Waals surface area contributed by atoms with E-state index < -0.39 is 0 Å². The number of benzene rings is 2. The molecule has 1 heterocycles. The number of hydrogen-bond donors (Lipinski definition) is 3. The molecule has 2 aliphatic carbocycles. The van der Waals surface area contributed by atoms with Gasteiger partial charge in [-0.1, -0.05) is 56.7 Å². The molecule has 2 saturated carbocycles. The van der Waals surface area contributed by atoms with E-state index in [1.807, 2.05) is 24.3 Å². The molecule has 3 aliphatic rings. The second-order valence-electron chi connectivity index (χ2n) is 10.0. The fourth-order valence-electron chi connectivity index (χ4n) is 5.61. The molecule has 2 aromatic rings. The first-order chi connectivity index (χ1) is 16.2. The van der Waals surface area contributed by atoms with Gasteiger partial charge in [0.1, 0.15) is 0 Å². The summed E-state index contributed by atoms with van der Waals surface area (Å²) in [5, 5.41) is 9.90. The van der Waals surface area contributed by atoms with Crippen molar-refractivity contribution in [3.63, 3.8) is 0 Å². The maximum Gasteiger partial charge on any atom is 0.251 e. The summed E-state index contributed by atoms with van der Waals surface area (Å²) < 4.78 is 0. The van der Waals surface area contributed by atoms with E-state index in [4.69, 9.17) is 0 Å². The maximum atomic E-state index is 12.7. The van der Waals surface area contributed by atoms with Gasteiger partial charge in [-0.2, -0.15) is 0 Å². The number of fused-ring (bicyclic) bond motifs is 1. The molecule has 2 fully saturated rings. The lowest BCUT2D eigenvalue weighted by Gasteiger charge is -2.22. The van der Waals surface area contributed by atoms with E-state index in [1.54, 1.807) is 0 Å². The summed E-state index contributed by atoms with van der Waals surface area (Å²) in [6.45, 7) is 0. The summed E-state index contributed by atoms with van der Waals surface area (Å²) in [6, 6.07) is 14.7. The molecule has 0 spiro atoms. The first-order valence-corrected chi connectivity index (χ1v) is 12.8. The summed E-state index contributed by atoms with van der Waals surface area (Å²) in [5.74, 6) is 0.356. The highest BCUT2D eigenvalue weighted by Gasteiger charge is 2.25. The normalized spacial score (nSPS) is 21.2. The zero-order valence-corrected chi connectivity index (χ0v) is 19.4. The van der Waals surface area contributed by atoms with Gasteiger partial charge in [0.05, 0.1) is 6.04 Å². The topological polar surface area (TPSA) is 70.2 Å². The summed E-state index contributed by atoms with van der Waals surface area (Å²) in [4.78, 5) is 25.2. The fraction of sp³-hybridized carbons (Fsp3) is 0.500. The van der Waals surface area contributed by atoms with Crippen molar-refractivity contribution >= 4 is 23.2 Å². The average Bonchev–Trinajstić information content (AvgIpc) is 3.29. The van der Waals surface area contributed by atoms with Gasteiger partial charge < -0.3 is 16.0 Å². The minimum atomic E-state index is 0.0352. The molecule has 0 bridgehead atoms. The first-order valence-electron chi connectivity index (χ1n) is 12.8. The van der Waals surface area contributed by atoms with Crippen molar-refractivity contribution in [1.29, 1.82) is 0 Å². The van der Waals surface area contributed by atoms with Crippen LogP contribution >= 0.6 is 0 Å². The lowest BCUT2D eigenvalue weighted by Crippen LogP contribution is -2.36. The minimum Gasteiger partial charge on any atom is -0.378 e. The van der Waals surface area contributed by atoms with Gasteiger partial charge in [-0.15, -0.1) is 0 Å². The van der Waals surface area contributed by atoms with Crippen LogP contribution in [0.15, 0.2) is 42.5 Å². The molecule has 33 heavy (non-hydrogen) atoms. The molecule has 1 atom stereocenters. The summed E-state index contributed by atoms with van der Waals surface area (Å²) in [7, 11) is 0. The summed E-state index contributed by atoms with van der Waals surface area (Å²) in [6.07, 6.45) is 12.4. The molecule has 2 aromatic carbocycles. The zero-order valence-electron chi connectivity index (χ0n) is 19.4. The van der Waals surface area contributed by atoms with E-state index in [1.165, 1.54) is 36.8 Å². The van der Waals surface area contributed by atoms with Crippen LogP contribution < -0.4 is 16.0 Å². The zero-order chi connectivity index (χ0) is 22.6. The van der Waals surface area contributed by atoms with Gasteiger partial charge in [-0.25, -0.2) is 0 Å². The van der Waals surface area contributed by atoms with Crippen LogP contribution in [0.1, 0.15) is 91.7 Å². The van der Waals surface area contributed by atoms with Gasteiger partial charge >= 0.3 is 0 Å². The maximum absolute atomic E-state index is 12.7. The Balaban J connectivity index is 1.19. The Labute approximate surface area is 196 Å². The van der Waals surface area contributed by atoms with Crippen LogP contribution in [0.5, 0.6) is 0 Å². The highest BCUT2D eigenvalue weighted by Crippen LogP contribution is 2.35. The van der Waals surface area contributed by atoms with Crippen molar-refractivity contribution in [3.8, 4) is 0 Å². The van der Waals surface area contributed by atoms with Crippen LogP contribution in [0.2, 0.25) is 0 Å². The predicted molar refractivity (Wildman–Crippen MR) is 132 cm³/mol. The molecule has 5 rings (SSSR count). The molecule has 174 valence electrons. The summed E-state index contributed by atoms with van der Waals surface area (Å²) >= 11 is 0. The van der Waals surface area contributed by atoms with Crippen LogP contribution in [0.3, 0.4) is 0 Å². The highest BCUT2D eigenvalue weighted by molar-refractivity contribution is 5.96. The quantitative estimate of drug-likeness (QED) is 0.530. The van der Waals surface area contributed by atoms with Gasteiger partial charge in [0.25, 0.3) is 5.91 Å².